The predicted octanol–water partition coefficient (Wildman–Crippen LogP) is 6.25. The Labute approximate surface area is 164 Å². The van der Waals surface area contributed by atoms with Crippen molar-refractivity contribution in [1.29, 1.82) is 5.26 Å². The molecule has 1 nitrogen and oxygen atoms in total. The molecule has 0 saturated heterocycles. The highest BCUT2D eigenvalue weighted by atomic mass is 19.1. The Balaban J connectivity index is 1.66. The van der Waals surface area contributed by atoms with Crippen molar-refractivity contribution < 1.29 is 13.2 Å². The van der Waals surface area contributed by atoms with E-state index in [1.807, 2.05) is 13.0 Å². The van der Waals surface area contributed by atoms with Gasteiger partial charge < -0.3 is 0 Å². The Morgan fingerprint density at radius 2 is 1.64 bits per heavy atom. The van der Waals surface area contributed by atoms with Crippen molar-refractivity contribution in [2.45, 2.75) is 51.4 Å². The van der Waals surface area contributed by atoms with E-state index in [1.54, 1.807) is 6.07 Å². The highest BCUT2D eigenvalue weighted by Crippen LogP contribution is 2.36. The second-order valence-corrected chi connectivity index (χ2v) is 7.35. The van der Waals surface area contributed by atoms with Crippen LogP contribution in [0.2, 0.25) is 0 Å². The number of nitrogens with zero attached hydrogens (tertiary/aromatic N) is 1. The lowest BCUT2D eigenvalue weighted by Crippen LogP contribution is -2.12. The second-order valence-electron chi connectivity index (χ2n) is 7.35. The van der Waals surface area contributed by atoms with E-state index in [0.29, 0.717) is 12.0 Å². The summed E-state index contributed by atoms with van der Waals surface area (Å²) in [6.07, 6.45) is 4.75. The molecule has 0 aromatic heterocycles. The van der Waals surface area contributed by atoms with Crippen molar-refractivity contribution in [2.75, 3.05) is 0 Å². The summed E-state index contributed by atoms with van der Waals surface area (Å²) in [6, 6.07) is 9.33. The number of nitriles is 1. The number of aryl methyl sites for hydroxylation is 1. The molecule has 0 amide bonds. The van der Waals surface area contributed by atoms with Gasteiger partial charge in [-0.15, -0.1) is 0 Å². The zero-order valence-corrected chi connectivity index (χ0v) is 15.9. The van der Waals surface area contributed by atoms with Gasteiger partial charge in [-0.25, -0.2) is 13.2 Å². The highest BCUT2D eigenvalue weighted by Gasteiger charge is 2.22. The van der Waals surface area contributed by atoms with Gasteiger partial charge in [0.1, 0.15) is 23.5 Å². The van der Waals surface area contributed by atoms with E-state index in [1.165, 1.54) is 24.3 Å². The summed E-state index contributed by atoms with van der Waals surface area (Å²) in [5.41, 5.74) is 1.44. The lowest BCUT2D eigenvalue weighted by molar-refractivity contribution is 0.384. The maximum absolute atomic E-state index is 14.2. The highest BCUT2D eigenvalue weighted by molar-refractivity contribution is 5.40. The SMILES string of the molecule is CCCc1cc(F)c(C#CC2CCC(c3ccc(C#N)c(F)c3)CC2)c(F)c1. The van der Waals surface area contributed by atoms with Gasteiger partial charge in [0, 0.05) is 5.92 Å². The van der Waals surface area contributed by atoms with Crippen molar-refractivity contribution in [1.82, 2.24) is 0 Å². The minimum atomic E-state index is -0.599. The summed E-state index contributed by atoms with van der Waals surface area (Å²) in [7, 11) is 0. The zero-order chi connectivity index (χ0) is 20.1. The van der Waals surface area contributed by atoms with Crippen LogP contribution in [0.1, 0.15) is 67.2 Å². The molecule has 0 atom stereocenters. The lowest BCUT2D eigenvalue weighted by atomic mass is 9.78. The fraction of sp³-hybridized carbons (Fsp3) is 0.375. The molecule has 0 N–H and O–H groups in total. The third kappa shape index (κ3) is 4.57. The quantitative estimate of drug-likeness (QED) is 0.576. The number of benzene rings is 2. The van der Waals surface area contributed by atoms with E-state index < -0.39 is 17.5 Å². The van der Waals surface area contributed by atoms with Crippen LogP contribution < -0.4 is 0 Å². The molecule has 1 aliphatic rings. The third-order valence-electron chi connectivity index (χ3n) is 5.35. The van der Waals surface area contributed by atoms with Gasteiger partial charge in [-0.1, -0.05) is 31.3 Å². The van der Waals surface area contributed by atoms with Crippen LogP contribution in [-0.2, 0) is 6.42 Å². The predicted molar refractivity (Wildman–Crippen MR) is 103 cm³/mol. The molecule has 0 spiro atoms. The Morgan fingerprint density at radius 1 is 0.964 bits per heavy atom. The monoisotopic (exact) mass is 381 g/mol. The molecule has 0 aliphatic heterocycles. The number of halogens is 3. The Bertz CT molecular complexity index is 931. The van der Waals surface area contributed by atoms with Crippen molar-refractivity contribution in [3.05, 3.63) is 70.0 Å². The maximum atomic E-state index is 14.2. The smallest absolute Gasteiger partial charge is 0.142 e. The van der Waals surface area contributed by atoms with Gasteiger partial charge >= 0.3 is 0 Å². The fourth-order valence-corrected chi connectivity index (χ4v) is 3.80. The van der Waals surface area contributed by atoms with Crippen LogP contribution in [0.3, 0.4) is 0 Å². The van der Waals surface area contributed by atoms with E-state index in [9.17, 15) is 13.2 Å². The molecule has 28 heavy (non-hydrogen) atoms. The first-order chi connectivity index (χ1) is 13.5. The molecule has 144 valence electrons. The molecule has 4 heteroatoms. The fourth-order valence-electron chi connectivity index (χ4n) is 3.80. The average Bonchev–Trinajstić information content (AvgIpc) is 2.68. The largest absolute Gasteiger partial charge is 0.206 e. The molecule has 0 bridgehead atoms. The van der Waals surface area contributed by atoms with Crippen LogP contribution >= 0.6 is 0 Å². The zero-order valence-electron chi connectivity index (χ0n) is 15.9. The maximum Gasteiger partial charge on any atom is 0.142 e. The van der Waals surface area contributed by atoms with Crippen LogP contribution in [0.4, 0.5) is 13.2 Å². The van der Waals surface area contributed by atoms with E-state index in [-0.39, 0.29) is 23.0 Å². The minimum Gasteiger partial charge on any atom is -0.206 e. The van der Waals surface area contributed by atoms with Crippen molar-refractivity contribution in [3.63, 3.8) is 0 Å². The number of hydrogen-bond donors (Lipinski definition) is 0. The Hall–Kier alpha value is -2.72. The van der Waals surface area contributed by atoms with Crippen LogP contribution in [0.5, 0.6) is 0 Å². The summed E-state index contributed by atoms with van der Waals surface area (Å²) in [6.45, 7) is 1.96. The van der Waals surface area contributed by atoms with E-state index >= 15 is 0 Å². The number of rotatable bonds is 3. The van der Waals surface area contributed by atoms with Gasteiger partial charge in [-0.2, -0.15) is 5.26 Å². The van der Waals surface area contributed by atoms with Gasteiger partial charge in [0.15, 0.2) is 0 Å². The van der Waals surface area contributed by atoms with Gasteiger partial charge in [0.2, 0.25) is 0 Å². The molecular formula is C24H22F3N. The molecule has 3 rings (SSSR count). The molecule has 2 aromatic rings. The lowest BCUT2D eigenvalue weighted by Gasteiger charge is -2.26. The van der Waals surface area contributed by atoms with Crippen molar-refractivity contribution >= 4 is 0 Å². The summed E-state index contributed by atoms with van der Waals surface area (Å²) in [5.74, 6) is 4.34. The van der Waals surface area contributed by atoms with Gasteiger partial charge in [0.05, 0.1) is 11.1 Å². The van der Waals surface area contributed by atoms with Crippen molar-refractivity contribution in [2.24, 2.45) is 5.92 Å². The van der Waals surface area contributed by atoms with E-state index in [4.69, 9.17) is 5.26 Å². The number of hydrogen-bond acceptors (Lipinski definition) is 1. The summed E-state index contributed by atoms with van der Waals surface area (Å²) < 4.78 is 42.2. The molecule has 0 unspecified atom stereocenters. The first kappa shape index (κ1) is 20.0. The van der Waals surface area contributed by atoms with E-state index in [0.717, 1.165) is 37.7 Å². The topological polar surface area (TPSA) is 23.8 Å². The van der Waals surface area contributed by atoms with Crippen LogP contribution in [0.25, 0.3) is 0 Å². The Kier molecular flexibility index (Phi) is 6.42. The molecule has 0 radical (unpaired) electrons. The van der Waals surface area contributed by atoms with Crippen LogP contribution in [-0.4, -0.2) is 0 Å². The Morgan fingerprint density at radius 3 is 2.21 bits per heavy atom. The van der Waals surface area contributed by atoms with Crippen LogP contribution in [0, 0.1) is 46.5 Å². The average molecular weight is 381 g/mol. The third-order valence-corrected chi connectivity index (χ3v) is 5.35. The van der Waals surface area contributed by atoms with Gasteiger partial charge in [-0.3, -0.25) is 0 Å². The molecule has 2 aromatic carbocycles. The first-order valence-electron chi connectivity index (χ1n) is 9.70. The van der Waals surface area contributed by atoms with Gasteiger partial charge in [-0.05, 0) is 73.4 Å². The first-order valence-corrected chi connectivity index (χ1v) is 9.70. The summed E-state index contributed by atoms with van der Waals surface area (Å²) in [4.78, 5) is 0. The molecule has 1 fully saturated rings. The second kappa shape index (κ2) is 8.98. The van der Waals surface area contributed by atoms with E-state index in [2.05, 4.69) is 11.8 Å². The minimum absolute atomic E-state index is 0.0531. The van der Waals surface area contributed by atoms with Crippen molar-refractivity contribution in [3.8, 4) is 17.9 Å². The normalized spacial score (nSPS) is 18.8. The molecule has 1 aliphatic carbocycles. The summed E-state index contributed by atoms with van der Waals surface area (Å²) >= 11 is 0. The van der Waals surface area contributed by atoms with Crippen LogP contribution in [0.15, 0.2) is 30.3 Å². The molecule has 1 saturated carbocycles. The molecule has 0 heterocycles. The standard InChI is InChI=1S/C24H22F3N/c1-2-3-17-12-23(26)21(24(27)13-17)11-6-16-4-7-18(8-5-16)19-9-10-20(15-28)22(25)14-19/h9-10,12-14,16,18H,2-5,7-8H2,1H3. The molecular weight excluding hydrogens is 359 g/mol. The van der Waals surface area contributed by atoms with Gasteiger partial charge in [0.25, 0.3) is 0 Å². The summed E-state index contributed by atoms with van der Waals surface area (Å²) in [5, 5.41) is 8.83.